The van der Waals surface area contributed by atoms with Gasteiger partial charge in [-0.1, -0.05) is 33.1 Å². The molecule has 106 valence electrons. The van der Waals surface area contributed by atoms with E-state index in [1.165, 1.54) is 58.2 Å². The summed E-state index contributed by atoms with van der Waals surface area (Å²) in [5.74, 6) is 2.70. The summed E-state index contributed by atoms with van der Waals surface area (Å²) in [5.41, 5.74) is 0. The Labute approximate surface area is 114 Å². The summed E-state index contributed by atoms with van der Waals surface area (Å²) in [5, 5.41) is 3.58. The highest BCUT2D eigenvalue weighted by atomic mass is 15.1. The fourth-order valence-electron chi connectivity index (χ4n) is 3.83. The number of piperidine rings is 1. The largest absolute Gasteiger partial charge is 0.317 e. The van der Waals surface area contributed by atoms with Crippen LogP contribution in [0.3, 0.4) is 0 Å². The second-order valence-corrected chi connectivity index (χ2v) is 6.80. The van der Waals surface area contributed by atoms with Gasteiger partial charge in [-0.3, -0.25) is 0 Å². The van der Waals surface area contributed by atoms with E-state index in [0.29, 0.717) is 0 Å². The van der Waals surface area contributed by atoms with Crippen molar-refractivity contribution in [1.29, 1.82) is 0 Å². The molecule has 2 nitrogen and oxygen atoms in total. The summed E-state index contributed by atoms with van der Waals surface area (Å²) >= 11 is 0. The van der Waals surface area contributed by atoms with Crippen LogP contribution in [0.1, 0.15) is 52.4 Å². The van der Waals surface area contributed by atoms with Crippen molar-refractivity contribution in [2.75, 3.05) is 26.7 Å². The number of likely N-dealkylation sites (tertiary alicyclic amines) is 1. The molecule has 0 aromatic rings. The molecule has 0 bridgehead atoms. The van der Waals surface area contributed by atoms with E-state index in [9.17, 15) is 0 Å². The zero-order chi connectivity index (χ0) is 13.0. The summed E-state index contributed by atoms with van der Waals surface area (Å²) in [6.07, 6.45) is 8.55. The first-order chi connectivity index (χ1) is 8.70. The lowest BCUT2D eigenvalue weighted by Crippen LogP contribution is -2.45. The highest BCUT2D eigenvalue weighted by molar-refractivity contribution is 4.83. The highest BCUT2D eigenvalue weighted by Gasteiger charge is 2.28. The van der Waals surface area contributed by atoms with Crippen molar-refractivity contribution >= 4 is 0 Å². The summed E-state index contributed by atoms with van der Waals surface area (Å²) in [4.78, 5) is 2.74. The predicted octanol–water partition coefficient (Wildman–Crippen LogP) is 3.13. The molecule has 2 fully saturated rings. The first-order valence-electron chi connectivity index (χ1n) is 8.10. The van der Waals surface area contributed by atoms with E-state index in [1.54, 1.807) is 0 Å². The second-order valence-electron chi connectivity index (χ2n) is 6.80. The molecule has 0 radical (unpaired) electrons. The molecular formula is C16H32N2. The second kappa shape index (κ2) is 6.91. The summed E-state index contributed by atoms with van der Waals surface area (Å²) < 4.78 is 0. The minimum absolute atomic E-state index is 0.766. The van der Waals surface area contributed by atoms with Crippen LogP contribution < -0.4 is 5.32 Å². The van der Waals surface area contributed by atoms with Crippen LogP contribution in [0.15, 0.2) is 0 Å². The summed E-state index contributed by atoms with van der Waals surface area (Å²) in [6.45, 7) is 8.85. The molecular weight excluding hydrogens is 220 g/mol. The molecule has 2 heteroatoms. The van der Waals surface area contributed by atoms with Crippen molar-refractivity contribution in [3.63, 3.8) is 0 Å². The molecule has 1 saturated carbocycles. The van der Waals surface area contributed by atoms with Crippen LogP contribution in [0, 0.1) is 17.8 Å². The predicted molar refractivity (Wildman–Crippen MR) is 78.8 cm³/mol. The van der Waals surface area contributed by atoms with Crippen molar-refractivity contribution in [3.8, 4) is 0 Å². The monoisotopic (exact) mass is 252 g/mol. The molecule has 1 saturated heterocycles. The van der Waals surface area contributed by atoms with E-state index in [2.05, 4.69) is 31.1 Å². The van der Waals surface area contributed by atoms with Gasteiger partial charge in [-0.25, -0.2) is 0 Å². The molecule has 1 N–H and O–H groups in total. The zero-order valence-corrected chi connectivity index (χ0v) is 12.6. The van der Waals surface area contributed by atoms with Gasteiger partial charge < -0.3 is 10.2 Å². The maximum absolute atomic E-state index is 3.58. The molecule has 1 aliphatic carbocycles. The number of rotatable bonds is 3. The van der Waals surface area contributed by atoms with Crippen LogP contribution in [0.2, 0.25) is 0 Å². The molecule has 0 amide bonds. The van der Waals surface area contributed by atoms with Crippen molar-refractivity contribution in [3.05, 3.63) is 0 Å². The molecule has 4 unspecified atom stereocenters. The van der Waals surface area contributed by atoms with E-state index in [0.717, 1.165) is 23.8 Å². The number of hydrogen-bond acceptors (Lipinski definition) is 2. The Kier molecular flexibility index (Phi) is 5.50. The van der Waals surface area contributed by atoms with E-state index in [4.69, 9.17) is 0 Å². The van der Waals surface area contributed by atoms with Gasteiger partial charge in [-0.2, -0.15) is 0 Å². The topological polar surface area (TPSA) is 15.3 Å². The third-order valence-electron chi connectivity index (χ3n) is 5.44. The Morgan fingerprint density at radius 2 is 1.78 bits per heavy atom. The quantitative estimate of drug-likeness (QED) is 0.776. The van der Waals surface area contributed by atoms with Crippen LogP contribution in [0.5, 0.6) is 0 Å². The molecule has 1 aliphatic heterocycles. The normalized spacial score (nSPS) is 39.5. The first kappa shape index (κ1) is 14.3. The van der Waals surface area contributed by atoms with Crippen molar-refractivity contribution in [2.45, 2.75) is 58.4 Å². The van der Waals surface area contributed by atoms with Crippen LogP contribution in [0.25, 0.3) is 0 Å². The lowest BCUT2D eigenvalue weighted by Gasteiger charge is -2.38. The van der Waals surface area contributed by atoms with Gasteiger partial charge in [0.2, 0.25) is 0 Å². The lowest BCUT2D eigenvalue weighted by molar-refractivity contribution is 0.109. The van der Waals surface area contributed by atoms with E-state index >= 15 is 0 Å². The molecule has 2 aliphatic rings. The van der Waals surface area contributed by atoms with Gasteiger partial charge in [0.05, 0.1) is 0 Å². The van der Waals surface area contributed by atoms with Gasteiger partial charge in [0.1, 0.15) is 0 Å². The molecule has 0 aromatic heterocycles. The fraction of sp³-hybridized carbons (Fsp3) is 1.00. The molecule has 1 heterocycles. The van der Waals surface area contributed by atoms with Crippen LogP contribution in [-0.2, 0) is 0 Å². The Hall–Kier alpha value is -0.0800. The van der Waals surface area contributed by atoms with E-state index in [1.807, 2.05) is 0 Å². The Bertz CT molecular complexity index is 241. The fourth-order valence-corrected chi connectivity index (χ4v) is 3.83. The van der Waals surface area contributed by atoms with Crippen LogP contribution in [0.4, 0.5) is 0 Å². The third kappa shape index (κ3) is 3.71. The molecule has 2 rings (SSSR count). The standard InChI is InChI=1S/C16H32N2/c1-13-9-10-18(11-14(13)2)12-15-7-5-4-6-8-16(15)17-3/h13-17H,4-12H2,1-3H3. The van der Waals surface area contributed by atoms with E-state index < -0.39 is 0 Å². The van der Waals surface area contributed by atoms with Gasteiger partial charge >= 0.3 is 0 Å². The van der Waals surface area contributed by atoms with Gasteiger partial charge in [0.15, 0.2) is 0 Å². The average Bonchev–Trinajstić information content (AvgIpc) is 2.59. The number of nitrogens with zero attached hydrogens (tertiary/aromatic N) is 1. The van der Waals surface area contributed by atoms with Gasteiger partial charge in [-0.05, 0) is 50.6 Å². The van der Waals surface area contributed by atoms with Crippen LogP contribution in [-0.4, -0.2) is 37.6 Å². The van der Waals surface area contributed by atoms with Crippen molar-refractivity contribution < 1.29 is 0 Å². The summed E-state index contributed by atoms with van der Waals surface area (Å²) in [7, 11) is 2.16. The Balaban J connectivity index is 1.86. The minimum atomic E-state index is 0.766. The van der Waals surface area contributed by atoms with Gasteiger partial charge in [0, 0.05) is 19.1 Å². The number of hydrogen-bond donors (Lipinski definition) is 1. The SMILES string of the molecule is CNC1CCCCCC1CN1CCC(C)C(C)C1. The molecule has 18 heavy (non-hydrogen) atoms. The maximum atomic E-state index is 3.58. The smallest absolute Gasteiger partial charge is 0.0104 e. The van der Waals surface area contributed by atoms with Gasteiger partial charge in [-0.15, -0.1) is 0 Å². The van der Waals surface area contributed by atoms with Crippen molar-refractivity contribution in [2.24, 2.45) is 17.8 Å². The third-order valence-corrected chi connectivity index (χ3v) is 5.44. The Morgan fingerprint density at radius 3 is 2.50 bits per heavy atom. The van der Waals surface area contributed by atoms with E-state index in [-0.39, 0.29) is 0 Å². The van der Waals surface area contributed by atoms with Crippen molar-refractivity contribution in [1.82, 2.24) is 10.2 Å². The highest BCUT2D eigenvalue weighted by Crippen LogP contribution is 2.27. The molecule has 4 atom stereocenters. The molecule has 0 aromatic carbocycles. The van der Waals surface area contributed by atoms with Crippen LogP contribution >= 0.6 is 0 Å². The Morgan fingerprint density at radius 1 is 1.00 bits per heavy atom. The molecule has 0 spiro atoms. The maximum Gasteiger partial charge on any atom is 0.0104 e. The zero-order valence-electron chi connectivity index (χ0n) is 12.6. The van der Waals surface area contributed by atoms with Gasteiger partial charge in [0.25, 0.3) is 0 Å². The average molecular weight is 252 g/mol. The lowest BCUT2D eigenvalue weighted by atomic mass is 9.87. The summed E-state index contributed by atoms with van der Waals surface area (Å²) in [6, 6.07) is 0.766. The minimum Gasteiger partial charge on any atom is -0.317 e. The first-order valence-corrected chi connectivity index (χ1v) is 8.10. The number of nitrogens with one attached hydrogen (secondary N) is 1.